The van der Waals surface area contributed by atoms with Crippen LogP contribution in [0.5, 0.6) is 11.5 Å². The molecule has 6 nitrogen and oxygen atoms in total. The Hall–Kier alpha value is -3.16. The van der Waals surface area contributed by atoms with E-state index in [1.807, 2.05) is 30.3 Å². The molecule has 2 aliphatic heterocycles. The number of likely N-dealkylation sites (tertiary alicyclic amines) is 2. The molecule has 32 heavy (non-hydrogen) atoms. The molecule has 170 valence electrons. The van der Waals surface area contributed by atoms with E-state index >= 15 is 0 Å². The second-order valence-corrected chi connectivity index (χ2v) is 7.99. The number of rotatable bonds is 6. The van der Waals surface area contributed by atoms with Crippen molar-refractivity contribution in [3.63, 3.8) is 0 Å². The fourth-order valence-electron chi connectivity index (χ4n) is 4.36. The number of halogens is 2. The van der Waals surface area contributed by atoms with E-state index in [4.69, 9.17) is 4.74 Å². The van der Waals surface area contributed by atoms with Crippen LogP contribution in [-0.2, 0) is 4.79 Å². The second-order valence-electron chi connectivity index (χ2n) is 7.99. The standard InChI is InChI=1S/C24H26F2N2O4/c25-24(26)32-21-11-5-4-9-19(21)22(29)28-14-6-10-20(28)23(30)27-15-12-18(13-16-27)31-17-7-2-1-3-8-17/h1-5,7-9,11,18,20,24H,6,10,12-16H2. The number of carbonyl (C=O) groups is 2. The normalized spacial score (nSPS) is 19.3. The Bertz CT molecular complexity index is 933. The van der Waals surface area contributed by atoms with Gasteiger partial charge in [-0.25, -0.2) is 0 Å². The average molecular weight is 444 g/mol. The van der Waals surface area contributed by atoms with Crippen LogP contribution in [0.25, 0.3) is 0 Å². The van der Waals surface area contributed by atoms with Gasteiger partial charge in [-0.05, 0) is 37.1 Å². The van der Waals surface area contributed by atoms with Crippen molar-refractivity contribution in [1.29, 1.82) is 0 Å². The maximum atomic E-state index is 13.2. The maximum Gasteiger partial charge on any atom is 0.387 e. The Morgan fingerprint density at radius 1 is 0.906 bits per heavy atom. The number of benzene rings is 2. The molecule has 0 bridgehead atoms. The lowest BCUT2D eigenvalue weighted by atomic mass is 10.1. The highest BCUT2D eigenvalue weighted by atomic mass is 19.3. The summed E-state index contributed by atoms with van der Waals surface area (Å²) in [5.74, 6) is 0.0830. The lowest BCUT2D eigenvalue weighted by Gasteiger charge is -2.35. The quantitative estimate of drug-likeness (QED) is 0.677. The Balaban J connectivity index is 1.38. The lowest BCUT2D eigenvalue weighted by molar-refractivity contribution is -0.137. The molecule has 2 aromatic carbocycles. The van der Waals surface area contributed by atoms with Crippen molar-refractivity contribution in [3.05, 3.63) is 60.2 Å². The van der Waals surface area contributed by atoms with Gasteiger partial charge in [-0.2, -0.15) is 8.78 Å². The first kappa shape index (κ1) is 22.0. The summed E-state index contributed by atoms with van der Waals surface area (Å²) in [4.78, 5) is 29.6. The third-order valence-corrected chi connectivity index (χ3v) is 5.93. The lowest BCUT2D eigenvalue weighted by Crippen LogP contribution is -2.51. The minimum Gasteiger partial charge on any atom is -0.490 e. The third-order valence-electron chi connectivity index (χ3n) is 5.93. The smallest absolute Gasteiger partial charge is 0.387 e. The minimum absolute atomic E-state index is 0.0427. The fourth-order valence-corrected chi connectivity index (χ4v) is 4.36. The van der Waals surface area contributed by atoms with Gasteiger partial charge < -0.3 is 19.3 Å². The van der Waals surface area contributed by atoms with Crippen molar-refractivity contribution in [3.8, 4) is 11.5 Å². The zero-order valence-electron chi connectivity index (χ0n) is 17.7. The van der Waals surface area contributed by atoms with Crippen LogP contribution in [0.15, 0.2) is 54.6 Å². The first-order valence-corrected chi connectivity index (χ1v) is 10.9. The Labute approximate surface area is 185 Å². The maximum absolute atomic E-state index is 13.2. The van der Waals surface area contributed by atoms with Crippen LogP contribution in [-0.4, -0.2) is 60.0 Å². The van der Waals surface area contributed by atoms with Crippen LogP contribution in [0.3, 0.4) is 0 Å². The molecule has 2 amide bonds. The number of ether oxygens (including phenoxy) is 2. The predicted octanol–water partition coefficient (Wildman–Crippen LogP) is 3.96. The van der Waals surface area contributed by atoms with Gasteiger partial charge in [0, 0.05) is 32.5 Å². The number of hydrogen-bond acceptors (Lipinski definition) is 4. The van der Waals surface area contributed by atoms with Crippen LogP contribution < -0.4 is 9.47 Å². The van der Waals surface area contributed by atoms with Crippen molar-refractivity contribution in [1.82, 2.24) is 9.80 Å². The summed E-state index contributed by atoms with van der Waals surface area (Å²) in [6, 6.07) is 14.9. The largest absolute Gasteiger partial charge is 0.490 e. The minimum atomic E-state index is -3.03. The van der Waals surface area contributed by atoms with Crippen molar-refractivity contribution in [2.24, 2.45) is 0 Å². The van der Waals surface area contributed by atoms with Crippen molar-refractivity contribution in [2.45, 2.75) is 44.4 Å². The summed E-state index contributed by atoms with van der Waals surface area (Å²) in [6.45, 7) is -1.51. The molecule has 0 saturated carbocycles. The van der Waals surface area contributed by atoms with E-state index in [9.17, 15) is 18.4 Å². The molecule has 1 unspecified atom stereocenters. The molecule has 0 aliphatic carbocycles. The zero-order chi connectivity index (χ0) is 22.5. The van der Waals surface area contributed by atoms with Crippen LogP contribution in [0.4, 0.5) is 8.78 Å². The number of hydrogen-bond donors (Lipinski definition) is 0. The number of nitrogens with zero attached hydrogens (tertiary/aromatic N) is 2. The molecule has 8 heteroatoms. The van der Waals surface area contributed by atoms with Crippen molar-refractivity contribution >= 4 is 11.8 Å². The Kier molecular flexibility index (Phi) is 6.87. The topological polar surface area (TPSA) is 59.1 Å². The van der Waals surface area contributed by atoms with E-state index in [1.165, 1.54) is 23.1 Å². The number of carbonyl (C=O) groups excluding carboxylic acids is 2. The third kappa shape index (κ3) is 5.00. The van der Waals surface area contributed by atoms with E-state index in [0.717, 1.165) is 5.75 Å². The molecule has 0 N–H and O–H groups in total. The van der Waals surface area contributed by atoms with Crippen molar-refractivity contribution < 1.29 is 27.8 Å². The predicted molar refractivity (Wildman–Crippen MR) is 114 cm³/mol. The molecular weight excluding hydrogens is 418 g/mol. The number of para-hydroxylation sites is 2. The molecule has 2 aliphatic rings. The summed E-state index contributed by atoms with van der Waals surface area (Å²) >= 11 is 0. The molecule has 2 aromatic rings. The highest BCUT2D eigenvalue weighted by Gasteiger charge is 2.38. The van der Waals surface area contributed by atoms with Crippen LogP contribution in [0.1, 0.15) is 36.0 Å². The SMILES string of the molecule is O=C(C1CCCN1C(=O)c1ccccc1OC(F)F)N1CCC(Oc2ccccc2)CC1. The zero-order valence-corrected chi connectivity index (χ0v) is 17.7. The van der Waals surface area contributed by atoms with Crippen molar-refractivity contribution in [2.75, 3.05) is 19.6 Å². The molecule has 0 aromatic heterocycles. The van der Waals surface area contributed by atoms with Gasteiger partial charge in [0.15, 0.2) is 0 Å². The van der Waals surface area contributed by atoms with Gasteiger partial charge in [-0.3, -0.25) is 9.59 Å². The monoisotopic (exact) mass is 444 g/mol. The van der Waals surface area contributed by atoms with E-state index in [1.54, 1.807) is 11.0 Å². The first-order chi connectivity index (χ1) is 15.5. The molecule has 0 spiro atoms. The van der Waals surface area contributed by atoms with Crippen LogP contribution >= 0.6 is 0 Å². The van der Waals surface area contributed by atoms with Crippen LogP contribution in [0.2, 0.25) is 0 Å². The number of alkyl halides is 2. The summed E-state index contributed by atoms with van der Waals surface area (Å²) in [5, 5.41) is 0. The van der Waals surface area contributed by atoms with Gasteiger partial charge in [0.05, 0.1) is 5.56 Å². The van der Waals surface area contributed by atoms with Gasteiger partial charge in [-0.15, -0.1) is 0 Å². The molecule has 4 rings (SSSR count). The van der Waals surface area contributed by atoms with Gasteiger partial charge in [0.1, 0.15) is 23.6 Å². The van der Waals surface area contributed by atoms with Crippen LogP contribution in [0, 0.1) is 0 Å². The van der Waals surface area contributed by atoms with E-state index in [2.05, 4.69) is 4.74 Å². The van der Waals surface area contributed by atoms with E-state index in [0.29, 0.717) is 45.3 Å². The van der Waals surface area contributed by atoms with E-state index in [-0.39, 0.29) is 23.3 Å². The first-order valence-electron chi connectivity index (χ1n) is 10.9. The molecular formula is C24H26F2N2O4. The number of piperidine rings is 1. The summed E-state index contributed by atoms with van der Waals surface area (Å²) in [7, 11) is 0. The number of amides is 2. The van der Waals surface area contributed by atoms with Gasteiger partial charge in [0.2, 0.25) is 5.91 Å². The molecule has 2 saturated heterocycles. The van der Waals surface area contributed by atoms with Gasteiger partial charge in [0.25, 0.3) is 5.91 Å². The van der Waals surface area contributed by atoms with Gasteiger partial charge >= 0.3 is 6.61 Å². The Morgan fingerprint density at radius 3 is 2.31 bits per heavy atom. The summed E-state index contributed by atoms with van der Waals surface area (Å²) in [6.07, 6.45) is 2.72. The summed E-state index contributed by atoms with van der Waals surface area (Å²) in [5.41, 5.74) is 0.0440. The highest BCUT2D eigenvalue weighted by molar-refractivity contribution is 6.00. The average Bonchev–Trinajstić information content (AvgIpc) is 3.29. The van der Waals surface area contributed by atoms with E-state index < -0.39 is 18.6 Å². The molecule has 2 heterocycles. The highest BCUT2D eigenvalue weighted by Crippen LogP contribution is 2.28. The van der Waals surface area contributed by atoms with Gasteiger partial charge in [-0.1, -0.05) is 30.3 Å². The fraction of sp³-hybridized carbons (Fsp3) is 0.417. The molecule has 1 atom stereocenters. The molecule has 2 fully saturated rings. The Morgan fingerprint density at radius 2 is 1.59 bits per heavy atom. The summed E-state index contributed by atoms with van der Waals surface area (Å²) < 4.78 is 36.0. The molecule has 0 radical (unpaired) electrons. The second kappa shape index (κ2) is 9.97.